The fourth-order valence-corrected chi connectivity index (χ4v) is 3.76. The third-order valence-corrected chi connectivity index (χ3v) is 5.47. The van der Waals surface area contributed by atoms with Crippen LogP contribution in [-0.2, 0) is 17.9 Å². The maximum Gasteiger partial charge on any atom is 0.407 e. The summed E-state index contributed by atoms with van der Waals surface area (Å²) < 4.78 is 22.1. The molecule has 10 heteroatoms. The SMILES string of the molecule is COc1cc(NC(=O)Nc2cc(CNC(=O)OC(C)(C)C)cc(OCc3ccccc3)c2)ccc1-c1cnco1. The van der Waals surface area contributed by atoms with Gasteiger partial charge in [-0.05, 0) is 56.2 Å². The van der Waals surface area contributed by atoms with E-state index in [4.69, 9.17) is 18.6 Å². The zero-order valence-electron chi connectivity index (χ0n) is 22.8. The first-order chi connectivity index (χ1) is 19.2. The molecular weight excluding hydrogens is 512 g/mol. The first-order valence-electron chi connectivity index (χ1n) is 12.6. The number of nitrogens with one attached hydrogen (secondary N) is 3. The molecule has 3 aromatic carbocycles. The predicted molar refractivity (Wildman–Crippen MR) is 151 cm³/mol. The summed E-state index contributed by atoms with van der Waals surface area (Å²) in [6.07, 6.45) is 2.38. The van der Waals surface area contributed by atoms with Crippen molar-refractivity contribution in [2.24, 2.45) is 0 Å². The van der Waals surface area contributed by atoms with E-state index >= 15 is 0 Å². The molecule has 4 aromatic rings. The van der Waals surface area contributed by atoms with Gasteiger partial charge in [0.2, 0.25) is 0 Å². The number of hydrogen-bond acceptors (Lipinski definition) is 7. The zero-order valence-corrected chi connectivity index (χ0v) is 22.8. The van der Waals surface area contributed by atoms with Gasteiger partial charge in [0.1, 0.15) is 23.7 Å². The van der Waals surface area contributed by atoms with Crippen LogP contribution in [0, 0.1) is 0 Å². The average Bonchev–Trinajstić information content (AvgIpc) is 3.45. The predicted octanol–water partition coefficient (Wildman–Crippen LogP) is 6.60. The van der Waals surface area contributed by atoms with E-state index in [-0.39, 0.29) is 6.54 Å². The van der Waals surface area contributed by atoms with E-state index in [9.17, 15) is 9.59 Å². The quantitative estimate of drug-likeness (QED) is 0.217. The van der Waals surface area contributed by atoms with Crippen LogP contribution in [0.2, 0.25) is 0 Å². The number of ether oxygens (including phenoxy) is 3. The molecule has 0 aliphatic heterocycles. The summed E-state index contributed by atoms with van der Waals surface area (Å²) >= 11 is 0. The molecule has 3 amide bonds. The second-order valence-electron chi connectivity index (χ2n) is 9.86. The molecule has 40 heavy (non-hydrogen) atoms. The number of nitrogens with zero attached hydrogens (tertiary/aromatic N) is 1. The molecule has 0 aliphatic carbocycles. The third-order valence-electron chi connectivity index (χ3n) is 5.47. The van der Waals surface area contributed by atoms with E-state index in [1.165, 1.54) is 13.5 Å². The number of amides is 3. The molecule has 0 unspecified atom stereocenters. The lowest BCUT2D eigenvalue weighted by atomic mass is 10.1. The van der Waals surface area contributed by atoms with E-state index in [2.05, 4.69) is 20.9 Å². The number of alkyl carbamates (subject to hydrolysis) is 1. The lowest BCUT2D eigenvalue weighted by Crippen LogP contribution is -2.32. The molecule has 0 bridgehead atoms. The van der Waals surface area contributed by atoms with Gasteiger partial charge in [0, 0.05) is 30.1 Å². The molecule has 1 heterocycles. The van der Waals surface area contributed by atoms with Crippen LogP contribution >= 0.6 is 0 Å². The Morgan fingerprint density at radius 2 is 1.70 bits per heavy atom. The number of carbonyl (C=O) groups is 2. The molecule has 208 valence electrons. The number of methoxy groups -OCH3 is 1. The van der Waals surface area contributed by atoms with Gasteiger partial charge in [-0.2, -0.15) is 0 Å². The second kappa shape index (κ2) is 12.7. The Bertz CT molecular complexity index is 1430. The summed E-state index contributed by atoms with van der Waals surface area (Å²) in [5, 5.41) is 8.37. The van der Waals surface area contributed by atoms with Gasteiger partial charge in [0.25, 0.3) is 0 Å². The summed E-state index contributed by atoms with van der Waals surface area (Å²) in [4.78, 5) is 29.0. The molecule has 0 saturated heterocycles. The van der Waals surface area contributed by atoms with E-state index in [1.54, 1.807) is 63.4 Å². The number of benzene rings is 3. The molecule has 10 nitrogen and oxygen atoms in total. The molecule has 0 fully saturated rings. The van der Waals surface area contributed by atoms with Crippen molar-refractivity contribution in [1.29, 1.82) is 0 Å². The van der Waals surface area contributed by atoms with E-state index in [1.807, 2.05) is 30.3 Å². The zero-order chi connectivity index (χ0) is 28.5. The molecule has 0 spiro atoms. The van der Waals surface area contributed by atoms with E-state index < -0.39 is 17.7 Å². The van der Waals surface area contributed by atoms with Crippen LogP contribution in [0.3, 0.4) is 0 Å². The fourth-order valence-electron chi connectivity index (χ4n) is 3.76. The molecule has 3 N–H and O–H groups in total. The smallest absolute Gasteiger partial charge is 0.407 e. The van der Waals surface area contributed by atoms with Crippen molar-refractivity contribution in [2.45, 2.75) is 39.5 Å². The fraction of sp³-hybridized carbons (Fsp3) is 0.233. The normalized spacial score (nSPS) is 10.9. The number of hydrogen-bond donors (Lipinski definition) is 3. The Labute approximate surface area is 232 Å². The summed E-state index contributed by atoms with van der Waals surface area (Å²) in [5.41, 5.74) is 2.79. The van der Waals surface area contributed by atoms with Gasteiger partial charge in [-0.15, -0.1) is 0 Å². The molecule has 0 aliphatic rings. The van der Waals surface area contributed by atoms with Crippen molar-refractivity contribution in [2.75, 3.05) is 17.7 Å². The third kappa shape index (κ3) is 8.26. The summed E-state index contributed by atoms with van der Waals surface area (Å²) in [5.74, 6) is 1.59. The van der Waals surface area contributed by atoms with Crippen LogP contribution in [0.1, 0.15) is 31.9 Å². The standard InChI is InChI=1S/C30H32N4O6/c1-30(2,3)40-29(36)32-16-21-12-23(14-24(13-21)38-18-20-8-6-5-7-9-20)34-28(35)33-22-10-11-25(26(15-22)37-4)27-17-31-19-39-27/h5-15,17,19H,16,18H2,1-4H3,(H,32,36)(H2,33,34,35). The van der Waals surface area contributed by atoms with Gasteiger partial charge in [-0.1, -0.05) is 30.3 Å². The van der Waals surface area contributed by atoms with Gasteiger partial charge in [-0.3, -0.25) is 0 Å². The molecule has 4 rings (SSSR count). The van der Waals surface area contributed by atoms with E-state index in [0.717, 1.165) is 5.56 Å². The molecule has 1 aromatic heterocycles. The Morgan fingerprint density at radius 3 is 2.40 bits per heavy atom. The highest BCUT2D eigenvalue weighted by Crippen LogP contribution is 2.32. The maximum atomic E-state index is 12.9. The summed E-state index contributed by atoms with van der Waals surface area (Å²) in [6.45, 7) is 5.90. The highest BCUT2D eigenvalue weighted by molar-refractivity contribution is 6.00. The van der Waals surface area contributed by atoms with Crippen LogP contribution in [0.15, 0.2) is 83.7 Å². The number of rotatable bonds is 9. The van der Waals surface area contributed by atoms with Crippen molar-refractivity contribution in [1.82, 2.24) is 10.3 Å². The number of urea groups is 1. The Kier molecular flexibility index (Phi) is 8.90. The van der Waals surface area contributed by atoms with Crippen molar-refractivity contribution in [3.63, 3.8) is 0 Å². The largest absolute Gasteiger partial charge is 0.496 e. The monoisotopic (exact) mass is 544 g/mol. The maximum absolute atomic E-state index is 12.9. The highest BCUT2D eigenvalue weighted by Gasteiger charge is 2.16. The Hall–Kier alpha value is -4.99. The number of aromatic nitrogens is 1. The van der Waals surface area contributed by atoms with Gasteiger partial charge < -0.3 is 34.6 Å². The first-order valence-corrected chi connectivity index (χ1v) is 12.6. The minimum Gasteiger partial charge on any atom is -0.496 e. The minimum atomic E-state index is -0.620. The lowest BCUT2D eigenvalue weighted by Gasteiger charge is -2.20. The Balaban J connectivity index is 1.47. The molecular formula is C30H32N4O6. The first kappa shape index (κ1) is 28.0. The van der Waals surface area contributed by atoms with Crippen molar-refractivity contribution >= 4 is 23.5 Å². The lowest BCUT2D eigenvalue weighted by molar-refractivity contribution is 0.0523. The van der Waals surface area contributed by atoms with Crippen LogP contribution in [-0.4, -0.2) is 29.8 Å². The number of oxazole rings is 1. The minimum absolute atomic E-state index is 0.175. The van der Waals surface area contributed by atoms with E-state index in [0.29, 0.717) is 46.4 Å². The second-order valence-corrected chi connectivity index (χ2v) is 9.86. The number of carbonyl (C=O) groups excluding carboxylic acids is 2. The van der Waals surface area contributed by atoms with Gasteiger partial charge in [-0.25, -0.2) is 14.6 Å². The van der Waals surface area contributed by atoms with Crippen LogP contribution < -0.4 is 25.4 Å². The Morgan fingerprint density at radius 1 is 0.925 bits per heavy atom. The van der Waals surface area contributed by atoms with Crippen molar-refractivity contribution in [3.8, 4) is 22.8 Å². The van der Waals surface area contributed by atoms with Crippen LogP contribution in [0.25, 0.3) is 11.3 Å². The topological polar surface area (TPSA) is 124 Å². The van der Waals surface area contributed by atoms with Gasteiger partial charge in [0.15, 0.2) is 12.2 Å². The van der Waals surface area contributed by atoms with Crippen LogP contribution in [0.5, 0.6) is 11.5 Å². The molecule has 0 saturated carbocycles. The summed E-state index contributed by atoms with van der Waals surface area (Å²) in [6, 6.07) is 19.7. The summed E-state index contributed by atoms with van der Waals surface area (Å²) in [7, 11) is 1.53. The van der Waals surface area contributed by atoms with Gasteiger partial charge in [0.05, 0.1) is 18.9 Å². The average molecular weight is 545 g/mol. The van der Waals surface area contributed by atoms with Crippen LogP contribution in [0.4, 0.5) is 21.0 Å². The number of anilines is 2. The molecule has 0 atom stereocenters. The van der Waals surface area contributed by atoms with Crippen molar-refractivity contribution in [3.05, 3.63) is 90.4 Å². The molecule has 0 radical (unpaired) electrons. The highest BCUT2D eigenvalue weighted by atomic mass is 16.6. The van der Waals surface area contributed by atoms with Crippen molar-refractivity contribution < 1.29 is 28.2 Å². The van der Waals surface area contributed by atoms with Gasteiger partial charge >= 0.3 is 12.1 Å².